The van der Waals surface area contributed by atoms with E-state index in [9.17, 15) is 4.79 Å². The smallest absolute Gasteiger partial charge is 0.305 e. The highest BCUT2D eigenvalue weighted by Crippen LogP contribution is 2.19. The number of carbonyl (C=O) groups is 1. The predicted molar refractivity (Wildman–Crippen MR) is 94.7 cm³/mol. The van der Waals surface area contributed by atoms with Crippen LogP contribution in [0, 0.1) is 0 Å². The Morgan fingerprint density at radius 1 is 1.22 bits per heavy atom. The van der Waals surface area contributed by atoms with Crippen LogP contribution >= 0.6 is 0 Å². The molecule has 1 saturated heterocycles. The maximum Gasteiger partial charge on any atom is 0.305 e. The van der Waals surface area contributed by atoms with Crippen LogP contribution in [0.2, 0.25) is 0 Å². The average molecular weight is 326 g/mol. The molecule has 0 aromatic heterocycles. The Balaban J connectivity index is 2.26. The first-order valence-electron chi connectivity index (χ1n) is 8.85. The van der Waals surface area contributed by atoms with Gasteiger partial charge in [0.15, 0.2) is 5.96 Å². The fourth-order valence-corrected chi connectivity index (χ4v) is 2.80. The van der Waals surface area contributed by atoms with Gasteiger partial charge in [0.05, 0.1) is 6.61 Å². The van der Waals surface area contributed by atoms with Gasteiger partial charge in [-0.25, -0.2) is 0 Å². The molecule has 23 heavy (non-hydrogen) atoms. The summed E-state index contributed by atoms with van der Waals surface area (Å²) >= 11 is 0. The Morgan fingerprint density at radius 3 is 2.52 bits per heavy atom. The van der Waals surface area contributed by atoms with Crippen LogP contribution in [0.25, 0.3) is 0 Å². The summed E-state index contributed by atoms with van der Waals surface area (Å²) in [6.45, 7) is 10.7. The van der Waals surface area contributed by atoms with E-state index in [0.717, 1.165) is 18.9 Å². The number of nitrogens with one attached hydrogen (secondary N) is 2. The van der Waals surface area contributed by atoms with Gasteiger partial charge in [-0.05, 0) is 53.1 Å². The Morgan fingerprint density at radius 2 is 1.91 bits per heavy atom. The normalized spacial score (nSPS) is 17.0. The zero-order valence-electron chi connectivity index (χ0n) is 15.3. The van der Waals surface area contributed by atoms with Crippen molar-refractivity contribution in [3.05, 3.63) is 0 Å². The molecule has 6 heteroatoms. The molecule has 0 atom stereocenters. The fraction of sp³-hybridized carbons (Fsp3) is 0.882. The van der Waals surface area contributed by atoms with Crippen molar-refractivity contribution in [1.82, 2.24) is 15.5 Å². The summed E-state index contributed by atoms with van der Waals surface area (Å²) in [5, 5.41) is 6.66. The molecule has 1 aliphatic rings. The van der Waals surface area contributed by atoms with Crippen molar-refractivity contribution in [1.29, 1.82) is 0 Å². The van der Waals surface area contributed by atoms with Crippen LogP contribution in [-0.4, -0.2) is 62.2 Å². The summed E-state index contributed by atoms with van der Waals surface area (Å²) in [7, 11) is 1.77. The molecule has 0 aromatic rings. The molecule has 2 N–H and O–H groups in total. The van der Waals surface area contributed by atoms with E-state index in [1.54, 1.807) is 7.05 Å². The lowest BCUT2D eigenvalue weighted by Crippen LogP contribution is -2.54. The highest BCUT2D eigenvalue weighted by atomic mass is 16.5. The predicted octanol–water partition coefficient (Wildman–Crippen LogP) is 1.76. The Bertz CT molecular complexity index is 377. The minimum Gasteiger partial charge on any atom is -0.466 e. The van der Waals surface area contributed by atoms with Crippen molar-refractivity contribution in [3.63, 3.8) is 0 Å². The lowest BCUT2D eigenvalue weighted by Gasteiger charge is -2.41. The van der Waals surface area contributed by atoms with Gasteiger partial charge in [-0.3, -0.25) is 14.7 Å². The number of rotatable bonds is 8. The number of likely N-dealkylation sites (tertiary alicyclic amines) is 1. The van der Waals surface area contributed by atoms with Gasteiger partial charge in [0.2, 0.25) is 0 Å². The lowest BCUT2D eigenvalue weighted by molar-refractivity contribution is -0.143. The van der Waals surface area contributed by atoms with E-state index in [2.05, 4.69) is 34.4 Å². The molecule has 6 nitrogen and oxygen atoms in total. The summed E-state index contributed by atoms with van der Waals surface area (Å²) in [5.74, 6) is 0.655. The van der Waals surface area contributed by atoms with Gasteiger partial charge in [-0.2, -0.15) is 0 Å². The molecule has 0 spiro atoms. The number of guanidine groups is 1. The maximum absolute atomic E-state index is 11.3. The third kappa shape index (κ3) is 7.68. The number of carbonyl (C=O) groups excluding carboxylic acids is 1. The van der Waals surface area contributed by atoms with Crippen LogP contribution in [0.3, 0.4) is 0 Å². The van der Waals surface area contributed by atoms with Crippen LogP contribution in [0.4, 0.5) is 0 Å². The number of hydrogen-bond acceptors (Lipinski definition) is 4. The van der Waals surface area contributed by atoms with Crippen molar-refractivity contribution >= 4 is 11.9 Å². The van der Waals surface area contributed by atoms with Crippen molar-refractivity contribution in [2.45, 2.75) is 58.4 Å². The first-order chi connectivity index (χ1) is 11.0. The van der Waals surface area contributed by atoms with Gasteiger partial charge < -0.3 is 15.4 Å². The standard InChI is InChI=1S/C17H34N4O2/c1-5-23-15(22)10-9-11-19-16(18-4)20-14-17(2,3)21-12-7-6-8-13-21/h5-14H2,1-4H3,(H2,18,19,20). The molecule has 134 valence electrons. The number of esters is 1. The molecule has 0 bridgehead atoms. The highest BCUT2D eigenvalue weighted by Gasteiger charge is 2.27. The van der Waals surface area contributed by atoms with Crippen LogP contribution in [0.1, 0.15) is 52.9 Å². The van der Waals surface area contributed by atoms with Crippen LogP contribution in [-0.2, 0) is 9.53 Å². The molecule has 1 fully saturated rings. The summed E-state index contributed by atoms with van der Waals surface area (Å²) in [5.41, 5.74) is 0.114. The number of aliphatic imine (C=N–C) groups is 1. The highest BCUT2D eigenvalue weighted by molar-refractivity contribution is 5.79. The van der Waals surface area contributed by atoms with E-state index < -0.39 is 0 Å². The monoisotopic (exact) mass is 326 g/mol. The second kappa shape index (κ2) is 10.5. The molecule has 0 amide bonds. The molecular weight excluding hydrogens is 292 g/mol. The second-order valence-electron chi connectivity index (χ2n) is 6.62. The van der Waals surface area contributed by atoms with E-state index >= 15 is 0 Å². The van der Waals surface area contributed by atoms with Crippen LogP contribution in [0.5, 0.6) is 0 Å². The van der Waals surface area contributed by atoms with Crippen molar-refractivity contribution in [3.8, 4) is 0 Å². The van der Waals surface area contributed by atoms with E-state index in [0.29, 0.717) is 19.6 Å². The van der Waals surface area contributed by atoms with Gasteiger partial charge in [0.1, 0.15) is 0 Å². The third-order valence-electron chi connectivity index (χ3n) is 4.28. The minimum absolute atomic E-state index is 0.114. The Labute approximate surface area is 141 Å². The minimum atomic E-state index is -0.136. The molecular formula is C17H34N4O2. The van der Waals surface area contributed by atoms with Crippen LogP contribution < -0.4 is 10.6 Å². The zero-order valence-corrected chi connectivity index (χ0v) is 15.3. The topological polar surface area (TPSA) is 66.0 Å². The Hall–Kier alpha value is -1.30. The van der Waals surface area contributed by atoms with Crippen molar-refractivity contribution < 1.29 is 9.53 Å². The van der Waals surface area contributed by atoms with E-state index in [1.165, 1.54) is 32.4 Å². The van der Waals surface area contributed by atoms with E-state index in [4.69, 9.17) is 4.74 Å². The largest absolute Gasteiger partial charge is 0.466 e. The Kier molecular flexibility index (Phi) is 8.99. The van der Waals surface area contributed by atoms with Crippen molar-refractivity contribution in [2.75, 3.05) is 39.8 Å². The summed E-state index contributed by atoms with van der Waals surface area (Å²) in [6, 6.07) is 0. The number of ether oxygens (including phenoxy) is 1. The van der Waals surface area contributed by atoms with Gasteiger partial charge >= 0.3 is 5.97 Å². The molecule has 0 radical (unpaired) electrons. The zero-order chi connectivity index (χ0) is 17.1. The summed E-state index contributed by atoms with van der Waals surface area (Å²) in [4.78, 5) is 18.1. The first-order valence-corrected chi connectivity index (χ1v) is 8.85. The third-order valence-corrected chi connectivity index (χ3v) is 4.28. The van der Waals surface area contributed by atoms with Gasteiger partial charge in [-0.1, -0.05) is 6.42 Å². The lowest BCUT2D eigenvalue weighted by atomic mass is 9.98. The van der Waals surface area contributed by atoms with Gasteiger partial charge in [0.25, 0.3) is 0 Å². The summed E-state index contributed by atoms with van der Waals surface area (Å²) < 4.78 is 4.92. The summed E-state index contributed by atoms with van der Waals surface area (Å²) in [6.07, 6.45) is 5.13. The SMILES string of the molecule is CCOC(=O)CCCNC(=NC)NCC(C)(C)N1CCCCC1. The fourth-order valence-electron chi connectivity index (χ4n) is 2.80. The van der Waals surface area contributed by atoms with Gasteiger partial charge in [0, 0.05) is 32.1 Å². The number of piperidine rings is 1. The molecule has 0 unspecified atom stereocenters. The molecule has 1 aliphatic heterocycles. The van der Waals surface area contributed by atoms with E-state index in [1.807, 2.05) is 6.92 Å². The average Bonchev–Trinajstić information content (AvgIpc) is 2.55. The first kappa shape index (κ1) is 19.7. The molecule has 0 aliphatic carbocycles. The van der Waals surface area contributed by atoms with Crippen LogP contribution in [0.15, 0.2) is 4.99 Å². The molecule has 0 saturated carbocycles. The van der Waals surface area contributed by atoms with Gasteiger partial charge in [-0.15, -0.1) is 0 Å². The maximum atomic E-state index is 11.3. The second-order valence-corrected chi connectivity index (χ2v) is 6.62. The molecule has 1 rings (SSSR count). The van der Waals surface area contributed by atoms with E-state index in [-0.39, 0.29) is 11.5 Å². The molecule has 0 aromatic carbocycles. The number of nitrogens with zero attached hydrogens (tertiary/aromatic N) is 2. The van der Waals surface area contributed by atoms with Crippen molar-refractivity contribution in [2.24, 2.45) is 4.99 Å². The quantitative estimate of drug-likeness (QED) is 0.308. The number of hydrogen-bond donors (Lipinski definition) is 2. The molecule has 1 heterocycles.